The molecule has 0 saturated heterocycles. The van der Waals surface area contributed by atoms with E-state index in [4.69, 9.17) is 4.74 Å². The minimum Gasteiger partial charge on any atom is -0.497 e. The van der Waals surface area contributed by atoms with Crippen molar-refractivity contribution in [1.82, 2.24) is 10.2 Å². The van der Waals surface area contributed by atoms with Gasteiger partial charge in [-0.2, -0.15) is 0 Å². The first kappa shape index (κ1) is 35.2. The number of hydrogen-bond acceptors (Lipinski definition) is 5. The van der Waals surface area contributed by atoms with Crippen molar-refractivity contribution in [3.05, 3.63) is 125 Å². The molecule has 0 aliphatic rings. The quantitative estimate of drug-likeness (QED) is 0.165. The molecule has 1 atom stereocenters. The maximum Gasteiger partial charge on any atom is 0.264 e. The number of rotatable bonds is 15. The van der Waals surface area contributed by atoms with E-state index in [9.17, 15) is 18.0 Å². The number of aryl methyl sites for hydroxylation is 2. The first-order chi connectivity index (χ1) is 22.5. The fourth-order valence-electron chi connectivity index (χ4n) is 5.35. The lowest BCUT2D eigenvalue weighted by Gasteiger charge is -2.34. The van der Waals surface area contributed by atoms with E-state index < -0.39 is 28.5 Å². The summed E-state index contributed by atoms with van der Waals surface area (Å²) in [6, 6.07) is 29.7. The summed E-state index contributed by atoms with van der Waals surface area (Å²) >= 11 is 0. The highest BCUT2D eigenvalue weighted by atomic mass is 32.2. The first-order valence-corrected chi connectivity index (χ1v) is 17.4. The number of carbonyl (C=O) groups is 2. The zero-order valence-electron chi connectivity index (χ0n) is 27.8. The third kappa shape index (κ3) is 9.23. The highest BCUT2D eigenvalue weighted by Crippen LogP contribution is 2.29. The number of nitrogens with one attached hydrogen (secondary N) is 1. The molecule has 4 rings (SSSR count). The molecule has 248 valence electrons. The molecule has 8 nitrogen and oxygen atoms in total. The molecule has 1 unspecified atom stereocenters. The number of ether oxygens (including phenoxy) is 1. The third-order valence-electron chi connectivity index (χ3n) is 7.97. The van der Waals surface area contributed by atoms with E-state index in [1.54, 1.807) is 43.5 Å². The minimum atomic E-state index is -4.18. The maximum atomic E-state index is 14.7. The van der Waals surface area contributed by atoms with E-state index in [0.717, 1.165) is 22.3 Å². The smallest absolute Gasteiger partial charge is 0.264 e. The van der Waals surface area contributed by atoms with Gasteiger partial charge in [0, 0.05) is 19.5 Å². The van der Waals surface area contributed by atoms with Gasteiger partial charge in [-0.1, -0.05) is 99.1 Å². The Morgan fingerprint density at radius 3 is 2.17 bits per heavy atom. The second kappa shape index (κ2) is 16.3. The van der Waals surface area contributed by atoms with Gasteiger partial charge in [0.2, 0.25) is 11.8 Å². The Bertz CT molecular complexity index is 1740. The lowest BCUT2D eigenvalue weighted by Crippen LogP contribution is -2.53. The number of nitrogens with zero attached hydrogens (tertiary/aromatic N) is 2. The fourth-order valence-corrected chi connectivity index (χ4v) is 6.80. The van der Waals surface area contributed by atoms with E-state index in [2.05, 4.69) is 5.32 Å². The highest BCUT2D eigenvalue weighted by molar-refractivity contribution is 7.92. The second-order valence-electron chi connectivity index (χ2n) is 12.0. The van der Waals surface area contributed by atoms with Gasteiger partial charge in [0.25, 0.3) is 10.0 Å². The summed E-state index contributed by atoms with van der Waals surface area (Å²) in [5.74, 6) is -0.00509. The Morgan fingerprint density at radius 2 is 1.51 bits per heavy atom. The largest absolute Gasteiger partial charge is 0.497 e. The molecule has 0 spiro atoms. The summed E-state index contributed by atoms with van der Waals surface area (Å²) in [6.45, 7) is 7.84. The lowest BCUT2D eigenvalue weighted by molar-refractivity contribution is -0.140. The van der Waals surface area contributed by atoms with Crippen LogP contribution < -0.4 is 14.4 Å². The van der Waals surface area contributed by atoms with Crippen LogP contribution in [0.2, 0.25) is 0 Å². The van der Waals surface area contributed by atoms with E-state index in [1.165, 1.54) is 9.21 Å². The van der Waals surface area contributed by atoms with Gasteiger partial charge >= 0.3 is 0 Å². The van der Waals surface area contributed by atoms with Gasteiger partial charge in [-0.3, -0.25) is 13.9 Å². The Morgan fingerprint density at radius 1 is 0.851 bits per heavy atom. The predicted molar refractivity (Wildman–Crippen MR) is 187 cm³/mol. The SMILES string of the molecule is CCc1ccccc1N(CC(=O)N(Cc1cccc(OC)c1)C(Cc1ccccc1)C(=O)NCC(C)C)S(=O)(=O)c1ccc(C)cc1. The van der Waals surface area contributed by atoms with Crippen LogP contribution in [0.5, 0.6) is 5.75 Å². The molecule has 4 aromatic carbocycles. The van der Waals surface area contributed by atoms with Gasteiger partial charge in [-0.05, 0) is 66.3 Å². The Balaban J connectivity index is 1.83. The summed E-state index contributed by atoms with van der Waals surface area (Å²) < 4.78 is 35.3. The number of carbonyl (C=O) groups excluding carboxylic acids is 2. The maximum absolute atomic E-state index is 14.7. The van der Waals surface area contributed by atoms with Crippen LogP contribution in [0, 0.1) is 12.8 Å². The molecule has 0 saturated carbocycles. The predicted octanol–water partition coefficient (Wildman–Crippen LogP) is 6.17. The minimum absolute atomic E-state index is 0.0659. The monoisotopic (exact) mass is 655 g/mol. The molecule has 0 aromatic heterocycles. The van der Waals surface area contributed by atoms with Crippen LogP contribution in [0.1, 0.15) is 43.0 Å². The second-order valence-corrected chi connectivity index (χ2v) is 13.9. The normalized spacial score (nSPS) is 12.0. The molecule has 0 heterocycles. The molecule has 2 amide bonds. The lowest BCUT2D eigenvalue weighted by atomic mass is 10.0. The van der Waals surface area contributed by atoms with Gasteiger partial charge in [0.15, 0.2) is 0 Å². The van der Waals surface area contributed by atoms with Gasteiger partial charge in [0.05, 0.1) is 17.7 Å². The van der Waals surface area contributed by atoms with Crippen molar-refractivity contribution in [2.75, 3.05) is 24.5 Å². The van der Waals surface area contributed by atoms with Crippen molar-refractivity contribution in [3.8, 4) is 5.75 Å². The van der Waals surface area contributed by atoms with Gasteiger partial charge in [0.1, 0.15) is 18.3 Å². The summed E-state index contributed by atoms with van der Waals surface area (Å²) in [4.78, 5) is 30.2. The van der Waals surface area contributed by atoms with Crippen molar-refractivity contribution in [2.24, 2.45) is 5.92 Å². The first-order valence-electron chi connectivity index (χ1n) is 15.9. The zero-order chi connectivity index (χ0) is 34.0. The molecule has 9 heteroatoms. The van der Waals surface area contributed by atoms with E-state index >= 15 is 0 Å². The van der Waals surface area contributed by atoms with E-state index in [-0.39, 0.29) is 29.7 Å². The number of amides is 2. The molecule has 0 fully saturated rings. The molecule has 0 aliphatic heterocycles. The molecule has 4 aromatic rings. The van der Waals surface area contributed by atoms with Crippen LogP contribution in [0.25, 0.3) is 0 Å². The summed E-state index contributed by atoms with van der Waals surface area (Å²) in [5, 5.41) is 3.02. The van der Waals surface area contributed by atoms with Crippen molar-refractivity contribution >= 4 is 27.5 Å². The van der Waals surface area contributed by atoms with Crippen molar-refractivity contribution in [3.63, 3.8) is 0 Å². The van der Waals surface area contributed by atoms with Crippen LogP contribution in [0.4, 0.5) is 5.69 Å². The van der Waals surface area contributed by atoms with Crippen LogP contribution in [-0.4, -0.2) is 51.4 Å². The van der Waals surface area contributed by atoms with Crippen LogP contribution in [-0.2, 0) is 39.0 Å². The number of para-hydroxylation sites is 1. The molecular formula is C38H45N3O5S. The molecular weight excluding hydrogens is 611 g/mol. The summed E-state index contributed by atoms with van der Waals surface area (Å²) in [7, 11) is -2.61. The Hall–Kier alpha value is -4.63. The zero-order valence-corrected chi connectivity index (χ0v) is 28.7. The molecule has 47 heavy (non-hydrogen) atoms. The van der Waals surface area contributed by atoms with Crippen LogP contribution in [0.3, 0.4) is 0 Å². The third-order valence-corrected chi connectivity index (χ3v) is 9.75. The topological polar surface area (TPSA) is 96.0 Å². The fraction of sp³-hybridized carbons (Fsp3) is 0.316. The van der Waals surface area contributed by atoms with Crippen molar-refractivity contribution < 1.29 is 22.7 Å². The van der Waals surface area contributed by atoms with Gasteiger partial charge < -0.3 is 15.0 Å². The standard InChI is InChI=1S/C38H45N3O5S/c1-6-32-16-10-11-18-35(32)41(47(44,45)34-21-19-29(4)20-22-34)27-37(42)40(26-31-15-12-17-33(23-31)46-5)36(38(43)39-25-28(2)3)24-30-13-8-7-9-14-30/h7-23,28,36H,6,24-27H2,1-5H3,(H,39,43). The average molecular weight is 656 g/mol. The molecule has 0 aliphatic carbocycles. The summed E-state index contributed by atoms with van der Waals surface area (Å²) in [6.07, 6.45) is 0.808. The Kier molecular flexibility index (Phi) is 12.2. The number of benzene rings is 4. The van der Waals surface area contributed by atoms with Crippen LogP contribution in [0.15, 0.2) is 108 Å². The number of hydrogen-bond donors (Lipinski definition) is 1. The van der Waals surface area contributed by atoms with E-state index in [1.807, 2.05) is 94.4 Å². The number of methoxy groups -OCH3 is 1. The van der Waals surface area contributed by atoms with Gasteiger partial charge in [-0.25, -0.2) is 8.42 Å². The number of anilines is 1. The molecule has 0 bridgehead atoms. The average Bonchev–Trinajstić information content (AvgIpc) is 3.08. The highest BCUT2D eigenvalue weighted by Gasteiger charge is 2.35. The Labute approximate surface area is 279 Å². The van der Waals surface area contributed by atoms with Crippen molar-refractivity contribution in [2.45, 2.75) is 58.0 Å². The van der Waals surface area contributed by atoms with E-state index in [0.29, 0.717) is 24.4 Å². The van der Waals surface area contributed by atoms with Gasteiger partial charge in [-0.15, -0.1) is 0 Å². The molecule has 1 N–H and O–H groups in total. The summed E-state index contributed by atoms with van der Waals surface area (Å²) in [5.41, 5.74) is 3.75. The van der Waals surface area contributed by atoms with Crippen molar-refractivity contribution in [1.29, 1.82) is 0 Å². The van der Waals surface area contributed by atoms with Crippen LogP contribution >= 0.6 is 0 Å². The molecule has 0 radical (unpaired) electrons. The number of sulfonamides is 1.